The van der Waals surface area contributed by atoms with Crippen LogP contribution in [-0.4, -0.2) is 42.3 Å². The molecular weight excluding hydrogens is 312 g/mol. The summed E-state index contributed by atoms with van der Waals surface area (Å²) in [5, 5.41) is -0.00156. The van der Waals surface area contributed by atoms with Gasteiger partial charge in [0, 0.05) is 18.5 Å². The smallest absolute Gasteiger partial charge is 0.260 e. The van der Waals surface area contributed by atoms with E-state index in [2.05, 4.69) is 4.98 Å². The molecule has 2 aromatic rings. The van der Waals surface area contributed by atoms with Gasteiger partial charge in [-0.1, -0.05) is 12.1 Å². The molecule has 1 aromatic carbocycles. The van der Waals surface area contributed by atoms with E-state index >= 15 is 0 Å². The first kappa shape index (κ1) is 15.7. The fourth-order valence-electron chi connectivity index (χ4n) is 2.59. The lowest BCUT2D eigenvalue weighted by Gasteiger charge is -2.24. The predicted octanol–water partition coefficient (Wildman–Crippen LogP) is 2.99. The highest BCUT2D eigenvalue weighted by Crippen LogP contribution is 2.39. The number of hydrogen-bond acceptors (Lipinski definition) is 5. The van der Waals surface area contributed by atoms with Crippen LogP contribution < -0.4 is 9.47 Å². The molecule has 23 heavy (non-hydrogen) atoms. The van der Waals surface area contributed by atoms with Crippen molar-refractivity contribution in [1.29, 1.82) is 0 Å². The molecule has 1 saturated heterocycles. The number of methoxy groups -OCH3 is 2. The van der Waals surface area contributed by atoms with Gasteiger partial charge in [-0.25, -0.2) is 4.98 Å². The lowest BCUT2D eigenvalue weighted by molar-refractivity contribution is 0.0756. The summed E-state index contributed by atoms with van der Waals surface area (Å²) in [4.78, 5) is 18.9. The van der Waals surface area contributed by atoms with Gasteiger partial charge in [-0.3, -0.25) is 4.79 Å². The van der Waals surface area contributed by atoms with Crippen LogP contribution in [0.2, 0.25) is 0 Å². The van der Waals surface area contributed by atoms with Crippen LogP contribution in [-0.2, 0) is 0 Å². The zero-order chi connectivity index (χ0) is 16.2. The zero-order valence-electron chi connectivity index (χ0n) is 13.1. The number of amides is 1. The molecule has 0 aliphatic carbocycles. The molecule has 1 aliphatic rings. The van der Waals surface area contributed by atoms with E-state index in [1.54, 1.807) is 37.2 Å². The minimum atomic E-state index is -0.0548. The molecule has 1 aliphatic heterocycles. The molecule has 0 bridgehead atoms. The first-order chi connectivity index (χ1) is 11.2. The summed E-state index contributed by atoms with van der Waals surface area (Å²) in [7, 11) is 3.17. The van der Waals surface area contributed by atoms with E-state index in [4.69, 9.17) is 9.47 Å². The molecule has 0 radical (unpaired) electrons. The van der Waals surface area contributed by atoms with Crippen molar-refractivity contribution in [2.45, 2.75) is 5.37 Å². The van der Waals surface area contributed by atoms with E-state index in [1.807, 2.05) is 29.2 Å². The Bertz CT molecular complexity index is 690. The SMILES string of the molecule is COc1ccc(C2SCCN2C(=O)c2cccnc2OC)cc1. The van der Waals surface area contributed by atoms with Gasteiger partial charge in [0.1, 0.15) is 16.7 Å². The summed E-state index contributed by atoms with van der Waals surface area (Å²) in [5.74, 6) is 2.03. The van der Waals surface area contributed by atoms with E-state index in [-0.39, 0.29) is 11.3 Å². The largest absolute Gasteiger partial charge is 0.497 e. The quantitative estimate of drug-likeness (QED) is 0.862. The van der Waals surface area contributed by atoms with Crippen LogP contribution in [0, 0.1) is 0 Å². The average molecular weight is 330 g/mol. The lowest BCUT2D eigenvalue weighted by atomic mass is 10.1. The minimum absolute atomic E-state index is 0.00156. The first-order valence-corrected chi connectivity index (χ1v) is 8.35. The Morgan fingerprint density at radius 2 is 2.00 bits per heavy atom. The van der Waals surface area contributed by atoms with Crippen LogP contribution in [0.25, 0.3) is 0 Å². The third-order valence-corrected chi connectivity index (χ3v) is 5.01. The molecule has 1 amide bonds. The second-order valence-electron chi connectivity index (χ2n) is 5.06. The fraction of sp³-hybridized carbons (Fsp3) is 0.294. The van der Waals surface area contributed by atoms with Gasteiger partial charge in [-0.2, -0.15) is 0 Å². The van der Waals surface area contributed by atoms with E-state index in [0.29, 0.717) is 18.0 Å². The first-order valence-electron chi connectivity index (χ1n) is 7.30. The second-order valence-corrected chi connectivity index (χ2v) is 6.24. The van der Waals surface area contributed by atoms with Gasteiger partial charge in [-0.05, 0) is 29.8 Å². The molecule has 5 nitrogen and oxygen atoms in total. The second kappa shape index (κ2) is 6.91. The van der Waals surface area contributed by atoms with Crippen molar-refractivity contribution >= 4 is 17.7 Å². The maximum Gasteiger partial charge on any atom is 0.260 e. The van der Waals surface area contributed by atoms with Crippen LogP contribution in [0.15, 0.2) is 42.6 Å². The highest BCUT2D eigenvalue weighted by Gasteiger charge is 2.32. The highest BCUT2D eigenvalue weighted by atomic mass is 32.2. The van der Waals surface area contributed by atoms with Gasteiger partial charge in [0.25, 0.3) is 5.91 Å². The summed E-state index contributed by atoms with van der Waals surface area (Å²) >= 11 is 1.76. The number of carbonyl (C=O) groups excluding carboxylic acids is 1. The van der Waals surface area contributed by atoms with Gasteiger partial charge < -0.3 is 14.4 Å². The zero-order valence-corrected chi connectivity index (χ0v) is 13.9. The molecule has 0 saturated carbocycles. The van der Waals surface area contributed by atoms with Gasteiger partial charge in [0.2, 0.25) is 5.88 Å². The molecule has 3 rings (SSSR count). The molecule has 0 spiro atoms. The van der Waals surface area contributed by atoms with Gasteiger partial charge >= 0.3 is 0 Å². The van der Waals surface area contributed by atoms with Crippen LogP contribution in [0.4, 0.5) is 0 Å². The Kier molecular flexibility index (Phi) is 4.71. The Morgan fingerprint density at radius 1 is 1.22 bits per heavy atom. The van der Waals surface area contributed by atoms with Crippen molar-refractivity contribution in [3.8, 4) is 11.6 Å². The molecule has 1 unspecified atom stereocenters. The Labute approximate surface area is 139 Å². The van der Waals surface area contributed by atoms with Crippen LogP contribution in [0.3, 0.4) is 0 Å². The molecule has 1 aromatic heterocycles. The molecule has 2 heterocycles. The highest BCUT2D eigenvalue weighted by molar-refractivity contribution is 7.99. The minimum Gasteiger partial charge on any atom is -0.497 e. The third-order valence-electron chi connectivity index (χ3n) is 3.75. The number of aromatic nitrogens is 1. The van der Waals surface area contributed by atoms with Crippen molar-refractivity contribution in [3.63, 3.8) is 0 Å². The lowest BCUT2D eigenvalue weighted by Crippen LogP contribution is -2.30. The number of rotatable bonds is 4. The number of nitrogens with zero attached hydrogens (tertiary/aromatic N) is 2. The van der Waals surface area contributed by atoms with Crippen molar-refractivity contribution in [3.05, 3.63) is 53.7 Å². The Balaban J connectivity index is 1.87. The van der Waals surface area contributed by atoms with Crippen molar-refractivity contribution in [1.82, 2.24) is 9.88 Å². The van der Waals surface area contributed by atoms with Gasteiger partial charge in [0.05, 0.1) is 14.2 Å². The number of pyridine rings is 1. The fourth-order valence-corrected chi connectivity index (χ4v) is 3.85. The van der Waals surface area contributed by atoms with Crippen LogP contribution in [0.5, 0.6) is 11.6 Å². The summed E-state index contributed by atoms with van der Waals surface area (Å²) in [6.45, 7) is 0.707. The van der Waals surface area contributed by atoms with E-state index < -0.39 is 0 Å². The number of thioether (sulfide) groups is 1. The van der Waals surface area contributed by atoms with Crippen molar-refractivity contribution in [2.24, 2.45) is 0 Å². The maximum absolute atomic E-state index is 12.9. The summed E-state index contributed by atoms with van der Waals surface area (Å²) in [6.07, 6.45) is 1.62. The van der Waals surface area contributed by atoms with E-state index in [9.17, 15) is 4.79 Å². The van der Waals surface area contributed by atoms with Crippen molar-refractivity contribution in [2.75, 3.05) is 26.5 Å². The Hall–Kier alpha value is -2.21. The average Bonchev–Trinajstić information content (AvgIpc) is 3.10. The Morgan fingerprint density at radius 3 is 2.70 bits per heavy atom. The molecule has 1 atom stereocenters. The van der Waals surface area contributed by atoms with Crippen molar-refractivity contribution < 1.29 is 14.3 Å². The number of hydrogen-bond donors (Lipinski definition) is 0. The van der Waals surface area contributed by atoms with E-state index in [1.165, 1.54) is 7.11 Å². The number of carbonyl (C=O) groups is 1. The number of ether oxygens (including phenoxy) is 2. The standard InChI is InChI=1S/C17H18N2O3S/c1-21-13-7-5-12(6-8-13)17-19(10-11-23-17)16(20)14-4-3-9-18-15(14)22-2/h3-9,17H,10-11H2,1-2H3. The number of benzene rings is 1. The predicted molar refractivity (Wildman–Crippen MR) is 90.0 cm³/mol. The molecule has 6 heteroatoms. The van der Waals surface area contributed by atoms with Gasteiger partial charge in [0.15, 0.2) is 0 Å². The normalized spacial score (nSPS) is 17.1. The maximum atomic E-state index is 12.9. The van der Waals surface area contributed by atoms with Gasteiger partial charge in [-0.15, -0.1) is 11.8 Å². The molecule has 0 N–H and O–H groups in total. The summed E-state index contributed by atoms with van der Waals surface area (Å²) in [5.41, 5.74) is 1.58. The van der Waals surface area contributed by atoms with Crippen LogP contribution in [0.1, 0.15) is 21.3 Å². The molecule has 120 valence electrons. The third kappa shape index (κ3) is 3.12. The molecule has 1 fully saturated rings. The summed E-state index contributed by atoms with van der Waals surface area (Å²) in [6, 6.07) is 11.3. The summed E-state index contributed by atoms with van der Waals surface area (Å²) < 4.78 is 10.4. The topological polar surface area (TPSA) is 51.7 Å². The molecular formula is C17H18N2O3S. The van der Waals surface area contributed by atoms with Crippen LogP contribution >= 0.6 is 11.8 Å². The van der Waals surface area contributed by atoms with E-state index in [0.717, 1.165) is 17.1 Å². The monoisotopic (exact) mass is 330 g/mol.